The molecule has 0 spiro atoms. The van der Waals surface area contributed by atoms with Crippen molar-refractivity contribution >= 4 is 35.0 Å². The number of Topliss-reactive ketones (excluding diaryl/α,β-unsaturated/α-hetero) is 1. The number of benzene rings is 2. The van der Waals surface area contributed by atoms with Gasteiger partial charge < -0.3 is 10.1 Å². The van der Waals surface area contributed by atoms with Crippen LogP contribution in [0.25, 0.3) is 0 Å². The Labute approximate surface area is 216 Å². The standard InChI is InChI=1S/C29H29Cl2NO3/c1-17-26(29(34)35-21-7-3-2-4-8-21)27(22-9-5-6-10-23(22)31)28-24(32-17)15-19(16-25(28)33)18-11-13-20(30)14-12-18/h5-6,9-14,19,21,27,32H,2-4,7-8,15-16H2,1H3/t19-,27+/m1/s1. The van der Waals surface area contributed by atoms with E-state index in [2.05, 4.69) is 5.32 Å². The van der Waals surface area contributed by atoms with Gasteiger partial charge in [0.1, 0.15) is 6.10 Å². The monoisotopic (exact) mass is 509 g/mol. The summed E-state index contributed by atoms with van der Waals surface area (Å²) in [5, 5.41) is 4.62. The Hall–Kier alpha value is -2.56. The number of carbonyl (C=O) groups excluding carboxylic acids is 2. The van der Waals surface area contributed by atoms with Crippen LogP contribution in [0.3, 0.4) is 0 Å². The number of carbonyl (C=O) groups is 2. The molecule has 1 N–H and O–H groups in total. The molecule has 35 heavy (non-hydrogen) atoms. The maximum absolute atomic E-state index is 13.7. The molecule has 3 aliphatic rings. The zero-order valence-corrected chi connectivity index (χ0v) is 21.3. The van der Waals surface area contributed by atoms with E-state index in [-0.39, 0.29) is 23.8 Å². The lowest BCUT2D eigenvalue weighted by Crippen LogP contribution is -2.37. The van der Waals surface area contributed by atoms with Crippen LogP contribution in [0.2, 0.25) is 10.0 Å². The molecule has 0 bridgehead atoms. The molecule has 2 aromatic carbocycles. The lowest BCUT2D eigenvalue weighted by Gasteiger charge is -2.37. The Bertz CT molecular complexity index is 1210. The maximum Gasteiger partial charge on any atom is 0.337 e. The topological polar surface area (TPSA) is 55.4 Å². The second-order valence-corrected chi connectivity index (χ2v) is 10.6. The van der Waals surface area contributed by atoms with E-state index in [0.29, 0.717) is 34.0 Å². The van der Waals surface area contributed by atoms with E-state index >= 15 is 0 Å². The van der Waals surface area contributed by atoms with Gasteiger partial charge in [-0.2, -0.15) is 0 Å². The number of halogens is 2. The Morgan fingerprint density at radius 1 is 0.971 bits per heavy atom. The summed E-state index contributed by atoms with van der Waals surface area (Å²) < 4.78 is 5.98. The van der Waals surface area contributed by atoms with Crippen molar-refractivity contribution in [2.75, 3.05) is 0 Å². The van der Waals surface area contributed by atoms with Crippen LogP contribution in [0, 0.1) is 0 Å². The smallest absolute Gasteiger partial charge is 0.337 e. The number of esters is 1. The van der Waals surface area contributed by atoms with Crippen molar-refractivity contribution in [3.63, 3.8) is 0 Å². The van der Waals surface area contributed by atoms with E-state index in [0.717, 1.165) is 48.2 Å². The van der Waals surface area contributed by atoms with Crippen molar-refractivity contribution < 1.29 is 14.3 Å². The third-order valence-electron chi connectivity index (χ3n) is 7.43. The normalized spacial score (nSPS) is 23.1. The van der Waals surface area contributed by atoms with Gasteiger partial charge in [0.05, 0.1) is 5.57 Å². The minimum atomic E-state index is -0.547. The van der Waals surface area contributed by atoms with Gasteiger partial charge in [0.25, 0.3) is 0 Å². The Balaban J connectivity index is 1.53. The first-order valence-corrected chi connectivity index (χ1v) is 13.1. The van der Waals surface area contributed by atoms with Crippen LogP contribution in [0.5, 0.6) is 0 Å². The molecule has 0 saturated heterocycles. The molecule has 0 aromatic heterocycles. The largest absolute Gasteiger partial charge is 0.459 e. The summed E-state index contributed by atoms with van der Waals surface area (Å²) in [4.78, 5) is 27.3. The first kappa shape index (κ1) is 24.1. The zero-order valence-electron chi connectivity index (χ0n) is 19.8. The van der Waals surface area contributed by atoms with Crippen LogP contribution in [0.15, 0.2) is 71.1 Å². The van der Waals surface area contributed by atoms with E-state index in [9.17, 15) is 9.59 Å². The minimum absolute atomic E-state index is 0.0269. The van der Waals surface area contributed by atoms with Crippen LogP contribution in [-0.2, 0) is 14.3 Å². The van der Waals surface area contributed by atoms with Crippen LogP contribution in [0.4, 0.5) is 0 Å². The highest BCUT2D eigenvalue weighted by Gasteiger charge is 2.42. The number of hydrogen-bond acceptors (Lipinski definition) is 4. The summed E-state index contributed by atoms with van der Waals surface area (Å²) in [6, 6.07) is 15.1. The first-order chi connectivity index (χ1) is 16.9. The van der Waals surface area contributed by atoms with Crippen molar-refractivity contribution in [1.29, 1.82) is 0 Å². The van der Waals surface area contributed by atoms with Gasteiger partial charge in [0.15, 0.2) is 5.78 Å². The van der Waals surface area contributed by atoms with E-state index in [4.69, 9.17) is 27.9 Å². The fourth-order valence-electron chi connectivity index (χ4n) is 5.70. The second-order valence-electron chi connectivity index (χ2n) is 9.76. The molecule has 1 fully saturated rings. The van der Waals surface area contributed by atoms with Gasteiger partial charge in [0.2, 0.25) is 0 Å². The lowest BCUT2D eigenvalue weighted by molar-refractivity contribution is -0.146. The van der Waals surface area contributed by atoms with Crippen LogP contribution in [0.1, 0.15) is 74.8 Å². The predicted molar refractivity (Wildman–Crippen MR) is 138 cm³/mol. The van der Waals surface area contributed by atoms with Gasteiger partial charge in [-0.05, 0) is 74.3 Å². The summed E-state index contributed by atoms with van der Waals surface area (Å²) >= 11 is 12.7. The summed E-state index contributed by atoms with van der Waals surface area (Å²) in [6.07, 6.45) is 6.06. The van der Waals surface area contributed by atoms with Crippen molar-refractivity contribution in [3.05, 3.63) is 92.2 Å². The van der Waals surface area contributed by atoms with E-state index in [1.807, 2.05) is 55.5 Å². The average Bonchev–Trinajstić information content (AvgIpc) is 2.84. The molecular weight excluding hydrogens is 481 g/mol. The molecule has 2 atom stereocenters. The summed E-state index contributed by atoms with van der Waals surface area (Å²) in [6.45, 7) is 1.89. The van der Waals surface area contributed by atoms with Gasteiger partial charge in [-0.3, -0.25) is 4.79 Å². The number of ketones is 1. The average molecular weight is 510 g/mol. The quantitative estimate of drug-likeness (QED) is 0.441. The number of dihydropyridines is 1. The molecule has 182 valence electrons. The van der Waals surface area contributed by atoms with Gasteiger partial charge in [-0.25, -0.2) is 4.79 Å². The van der Waals surface area contributed by atoms with E-state index in [1.54, 1.807) is 0 Å². The molecule has 2 aliphatic carbocycles. The van der Waals surface area contributed by atoms with Crippen LogP contribution in [-0.4, -0.2) is 17.9 Å². The highest BCUT2D eigenvalue weighted by atomic mass is 35.5. The number of nitrogens with one attached hydrogen (secondary N) is 1. The molecule has 1 saturated carbocycles. The lowest BCUT2D eigenvalue weighted by atomic mass is 9.71. The van der Waals surface area contributed by atoms with Crippen molar-refractivity contribution in [3.8, 4) is 0 Å². The summed E-state index contributed by atoms with van der Waals surface area (Å²) in [5.41, 5.74) is 4.54. The van der Waals surface area contributed by atoms with Crippen molar-refractivity contribution in [1.82, 2.24) is 5.32 Å². The number of hydrogen-bond donors (Lipinski definition) is 1. The molecule has 0 amide bonds. The minimum Gasteiger partial charge on any atom is -0.459 e. The van der Waals surface area contributed by atoms with Gasteiger partial charge in [-0.15, -0.1) is 0 Å². The maximum atomic E-state index is 13.7. The highest BCUT2D eigenvalue weighted by Crippen LogP contribution is 2.47. The molecule has 0 radical (unpaired) electrons. The number of ether oxygens (including phenoxy) is 1. The molecule has 5 rings (SSSR count). The zero-order chi connectivity index (χ0) is 24.5. The SMILES string of the molecule is CC1=C(C(=O)OC2CCCCC2)[C@H](c2ccccc2Cl)C2=C(C[C@@H](c3ccc(Cl)cc3)CC2=O)N1. The molecule has 6 heteroatoms. The van der Waals surface area contributed by atoms with E-state index < -0.39 is 5.92 Å². The van der Waals surface area contributed by atoms with Gasteiger partial charge in [0, 0.05) is 39.4 Å². The first-order valence-electron chi connectivity index (χ1n) is 12.4. The van der Waals surface area contributed by atoms with E-state index in [1.165, 1.54) is 6.42 Å². The Morgan fingerprint density at radius 3 is 2.40 bits per heavy atom. The molecule has 2 aromatic rings. The Morgan fingerprint density at radius 2 is 1.69 bits per heavy atom. The predicted octanol–water partition coefficient (Wildman–Crippen LogP) is 7.23. The highest BCUT2D eigenvalue weighted by molar-refractivity contribution is 6.31. The fourth-order valence-corrected chi connectivity index (χ4v) is 6.07. The van der Waals surface area contributed by atoms with Gasteiger partial charge >= 0.3 is 5.97 Å². The number of allylic oxidation sites excluding steroid dienone is 3. The summed E-state index contributed by atoms with van der Waals surface area (Å²) in [5.74, 6) is -0.832. The Kier molecular flexibility index (Phi) is 7.04. The summed E-state index contributed by atoms with van der Waals surface area (Å²) in [7, 11) is 0. The van der Waals surface area contributed by atoms with Crippen LogP contribution >= 0.6 is 23.2 Å². The third-order valence-corrected chi connectivity index (χ3v) is 8.03. The molecule has 1 aliphatic heterocycles. The third kappa shape index (κ3) is 4.92. The van der Waals surface area contributed by atoms with Gasteiger partial charge in [-0.1, -0.05) is 60.0 Å². The molecular formula is C29H29Cl2NO3. The van der Waals surface area contributed by atoms with Crippen LogP contribution < -0.4 is 5.32 Å². The number of rotatable bonds is 4. The fraction of sp³-hybridized carbons (Fsp3) is 0.379. The van der Waals surface area contributed by atoms with Crippen molar-refractivity contribution in [2.24, 2.45) is 0 Å². The molecule has 0 unspecified atom stereocenters. The second kappa shape index (κ2) is 10.2. The van der Waals surface area contributed by atoms with Crippen molar-refractivity contribution in [2.45, 2.75) is 69.8 Å². The molecule has 4 nitrogen and oxygen atoms in total. The molecule has 1 heterocycles.